The number of nitrogens with one attached hydrogen (secondary N) is 1. The molecule has 0 bridgehead atoms. The van der Waals surface area contributed by atoms with Gasteiger partial charge in [-0.1, -0.05) is 0 Å². The second-order valence-electron chi connectivity index (χ2n) is 4.37. The van der Waals surface area contributed by atoms with Gasteiger partial charge < -0.3 is 15.2 Å². The molecule has 18 heavy (non-hydrogen) atoms. The fourth-order valence-electron chi connectivity index (χ4n) is 2.31. The zero-order valence-electron chi connectivity index (χ0n) is 10.5. The molecule has 1 atom stereocenters. The standard InChI is InChI=1S/C13H19FN2O2/c1-18-10-2-3-12(14)11(8-10)13(9-17)16-6-4-15-5-7-16/h2-3,8,13,15,17H,4-7,9H2,1H3/t13-/m1/s1. The number of nitrogens with zero attached hydrogens (tertiary/aromatic N) is 1. The summed E-state index contributed by atoms with van der Waals surface area (Å²) in [5.74, 6) is 0.313. The van der Waals surface area contributed by atoms with Crippen molar-refractivity contribution in [1.29, 1.82) is 0 Å². The largest absolute Gasteiger partial charge is 0.497 e. The summed E-state index contributed by atoms with van der Waals surface area (Å²) in [6, 6.07) is 4.34. The zero-order chi connectivity index (χ0) is 13.0. The van der Waals surface area contributed by atoms with E-state index in [4.69, 9.17) is 4.74 Å². The number of piperazine rings is 1. The highest BCUT2D eigenvalue weighted by molar-refractivity contribution is 5.32. The minimum absolute atomic E-state index is 0.0932. The molecule has 0 amide bonds. The third-order valence-corrected chi connectivity index (χ3v) is 3.33. The maximum absolute atomic E-state index is 13.9. The Morgan fingerprint density at radius 1 is 1.44 bits per heavy atom. The molecule has 1 saturated heterocycles. The minimum atomic E-state index is -0.304. The quantitative estimate of drug-likeness (QED) is 0.833. The van der Waals surface area contributed by atoms with E-state index in [0.717, 1.165) is 26.2 Å². The second kappa shape index (κ2) is 6.13. The molecule has 1 aliphatic heterocycles. The van der Waals surface area contributed by atoms with Crippen molar-refractivity contribution in [3.8, 4) is 5.75 Å². The maximum Gasteiger partial charge on any atom is 0.128 e. The van der Waals surface area contributed by atoms with Gasteiger partial charge in [-0.15, -0.1) is 0 Å². The van der Waals surface area contributed by atoms with Crippen molar-refractivity contribution in [1.82, 2.24) is 10.2 Å². The van der Waals surface area contributed by atoms with Gasteiger partial charge in [0, 0.05) is 31.7 Å². The van der Waals surface area contributed by atoms with Gasteiger partial charge in [0.2, 0.25) is 0 Å². The summed E-state index contributed by atoms with van der Waals surface area (Å²) in [5, 5.41) is 12.8. The van der Waals surface area contributed by atoms with E-state index in [1.807, 2.05) is 0 Å². The minimum Gasteiger partial charge on any atom is -0.497 e. The molecule has 2 rings (SSSR count). The number of halogens is 1. The van der Waals surface area contributed by atoms with Crippen LogP contribution >= 0.6 is 0 Å². The van der Waals surface area contributed by atoms with Crippen LogP contribution in [0.3, 0.4) is 0 Å². The van der Waals surface area contributed by atoms with Crippen molar-refractivity contribution >= 4 is 0 Å². The van der Waals surface area contributed by atoms with Crippen molar-refractivity contribution in [2.45, 2.75) is 6.04 Å². The van der Waals surface area contributed by atoms with E-state index in [1.165, 1.54) is 6.07 Å². The highest BCUT2D eigenvalue weighted by atomic mass is 19.1. The van der Waals surface area contributed by atoms with Gasteiger partial charge in [-0.25, -0.2) is 4.39 Å². The molecule has 100 valence electrons. The lowest BCUT2D eigenvalue weighted by Crippen LogP contribution is -2.46. The molecule has 2 N–H and O–H groups in total. The van der Waals surface area contributed by atoms with Crippen LogP contribution in [0, 0.1) is 5.82 Å². The summed E-state index contributed by atoms with van der Waals surface area (Å²) in [7, 11) is 1.55. The first kappa shape index (κ1) is 13.3. The molecule has 0 radical (unpaired) electrons. The molecular formula is C13H19FN2O2. The van der Waals surface area contributed by atoms with Crippen LogP contribution in [0.4, 0.5) is 4.39 Å². The number of ether oxygens (including phenoxy) is 1. The molecule has 1 aliphatic rings. The van der Waals surface area contributed by atoms with Gasteiger partial charge in [0.25, 0.3) is 0 Å². The van der Waals surface area contributed by atoms with Gasteiger partial charge in [-0.2, -0.15) is 0 Å². The van der Waals surface area contributed by atoms with E-state index in [-0.39, 0.29) is 18.5 Å². The monoisotopic (exact) mass is 254 g/mol. The lowest BCUT2D eigenvalue weighted by Gasteiger charge is -2.34. The number of hydrogen-bond acceptors (Lipinski definition) is 4. The first-order chi connectivity index (χ1) is 8.76. The molecule has 1 aromatic rings. The lowest BCUT2D eigenvalue weighted by atomic mass is 10.0. The summed E-state index contributed by atoms with van der Waals surface area (Å²) >= 11 is 0. The van der Waals surface area contributed by atoms with Crippen molar-refractivity contribution < 1.29 is 14.2 Å². The van der Waals surface area contributed by atoms with Crippen molar-refractivity contribution in [3.63, 3.8) is 0 Å². The molecule has 0 spiro atoms. The van der Waals surface area contributed by atoms with E-state index >= 15 is 0 Å². The van der Waals surface area contributed by atoms with Gasteiger partial charge in [0.05, 0.1) is 19.8 Å². The zero-order valence-corrected chi connectivity index (χ0v) is 10.5. The SMILES string of the molecule is COc1ccc(F)c([C@@H](CO)N2CCNCC2)c1. The Morgan fingerprint density at radius 2 is 2.17 bits per heavy atom. The van der Waals surface area contributed by atoms with Gasteiger partial charge in [-0.3, -0.25) is 4.90 Å². The number of aliphatic hydroxyl groups is 1. The molecule has 1 heterocycles. The van der Waals surface area contributed by atoms with Crippen LogP contribution in [0.2, 0.25) is 0 Å². The topological polar surface area (TPSA) is 44.7 Å². The average Bonchev–Trinajstić information content (AvgIpc) is 2.43. The summed E-state index contributed by atoms with van der Waals surface area (Å²) in [6.45, 7) is 3.25. The van der Waals surface area contributed by atoms with E-state index in [2.05, 4.69) is 10.2 Å². The lowest BCUT2D eigenvalue weighted by molar-refractivity contribution is 0.108. The Kier molecular flexibility index (Phi) is 4.52. The highest BCUT2D eigenvalue weighted by Gasteiger charge is 2.24. The van der Waals surface area contributed by atoms with E-state index in [9.17, 15) is 9.50 Å². The van der Waals surface area contributed by atoms with Crippen molar-refractivity contribution in [2.24, 2.45) is 0 Å². The molecule has 0 aromatic heterocycles. The van der Waals surface area contributed by atoms with Crippen LogP contribution in [0.15, 0.2) is 18.2 Å². The third-order valence-electron chi connectivity index (χ3n) is 3.33. The maximum atomic E-state index is 13.9. The van der Waals surface area contributed by atoms with E-state index < -0.39 is 0 Å². The average molecular weight is 254 g/mol. The van der Waals surface area contributed by atoms with Crippen LogP contribution in [0.25, 0.3) is 0 Å². The number of rotatable bonds is 4. The van der Waals surface area contributed by atoms with Gasteiger partial charge in [0.1, 0.15) is 11.6 Å². The molecule has 5 heteroatoms. The Balaban J connectivity index is 2.25. The summed E-state index contributed by atoms with van der Waals surface area (Å²) in [5.41, 5.74) is 0.499. The predicted octanol–water partition coefficient (Wildman–Crippen LogP) is 0.773. The smallest absolute Gasteiger partial charge is 0.128 e. The van der Waals surface area contributed by atoms with Crippen LogP contribution in [0.5, 0.6) is 5.75 Å². The Labute approximate surface area is 106 Å². The van der Waals surface area contributed by atoms with Crippen LogP contribution in [-0.4, -0.2) is 49.9 Å². The molecule has 1 fully saturated rings. The van der Waals surface area contributed by atoms with Gasteiger partial charge >= 0.3 is 0 Å². The molecule has 0 saturated carbocycles. The number of methoxy groups -OCH3 is 1. The van der Waals surface area contributed by atoms with Crippen LogP contribution < -0.4 is 10.1 Å². The Morgan fingerprint density at radius 3 is 2.78 bits per heavy atom. The number of aliphatic hydroxyl groups excluding tert-OH is 1. The fourth-order valence-corrected chi connectivity index (χ4v) is 2.31. The van der Waals surface area contributed by atoms with Crippen LogP contribution in [0.1, 0.15) is 11.6 Å². The number of benzene rings is 1. The molecule has 4 nitrogen and oxygen atoms in total. The Bertz CT molecular complexity index is 395. The highest BCUT2D eigenvalue weighted by Crippen LogP contribution is 2.27. The molecular weight excluding hydrogens is 235 g/mol. The van der Waals surface area contributed by atoms with E-state index in [0.29, 0.717) is 11.3 Å². The number of hydrogen-bond donors (Lipinski definition) is 2. The van der Waals surface area contributed by atoms with Crippen LogP contribution in [-0.2, 0) is 0 Å². The second-order valence-corrected chi connectivity index (χ2v) is 4.37. The molecule has 0 unspecified atom stereocenters. The third kappa shape index (κ3) is 2.80. The molecule has 0 aliphatic carbocycles. The molecule has 1 aromatic carbocycles. The fraction of sp³-hybridized carbons (Fsp3) is 0.538. The first-order valence-electron chi connectivity index (χ1n) is 6.15. The summed E-state index contributed by atoms with van der Waals surface area (Å²) in [4.78, 5) is 2.09. The predicted molar refractivity (Wildman–Crippen MR) is 67.2 cm³/mol. The van der Waals surface area contributed by atoms with Crippen molar-refractivity contribution in [3.05, 3.63) is 29.6 Å². The van der Waals surface area contributed by atoms with Gasteiger partial charge in [-0.05, 0) is 18.2 Å². The first-order valence-corrected chi connectivity index (χ1v) is 6.15. The Hall–Kier alpha value is -1.17. The van der Waals surface area contributed by atoms with Crippen molar-refractivity contribution in [2.75, 3.05) is 39.9 Å². The summed E-state index contributed by atoms with van der Waals surface area (Å²) < 4.78 is 19.0. The normalized spacial score (nSPS) is 18.6. The van der Waals surface area contributed by atoms with E-state index in [1.54, 1.807) is 19.2 Å². The summed E-state index contributed by atoms with van der Waals surface area (Å²) in [6.07, 6.45) is 0. The van der Waals surface area contributed by atoms with Gasteiger partial charge in [0.15, 0.2) is 0 Å².